The zero-order valence-corrected chi connectivity index (χ0v) is 10.4. The Balaban J connectivity index is 0.000000240. The number of cyclic esters (lactones) is 2. The highest BCUT2D eigenvalue weighted by atomic mass is 16.6. The lowest BCUT2D eigenvalue weighted by Gasteiger charge is -1.87. The molecule has 1 heterocycles. The predicted molar refractivity (Wildman–Crippen MR) is 72.5 cm³/mol. The van der Waals surface area contributed by atoms with Gasteiger partial charge >= 0.3 is 17.9 Å². The Morgan fingerprint density at radius 1 is 1.00 bits per heavy atom. The molecule has 0 atom stereocenters. The Hall–Kier alpha value is -2.95. The van der Waals surface area contributed by atoms with E-state index in [-0.39, 0.29) is 0 Å². The Morgan fingerprint density at radius 3 is 2.05 bits per heavy atom. The molecule has 0 unspecified atom stereocenters. The summed E-state index contributed by atoms with van der Waals surface area (Å²) in [6.07, 6.45) is 8.31. The maximum atomic E-state index is 10.1. The molecule has 0 amide bonds. The van der Waals surface area contributed by atoms with Gasteiger partial charge in [-0.3, -0.25) is 0 Å². The first-order chi connectivity index (χ1) is 9.58. The van der Waals surface area contributed by atoms with Crippen molar-refractivity contribution in [3.63, 3.8) is 0 Å². The highest BCUT2D eigenvalue weighted by Gasteiger charge is 2.10. The third-order valence-electron chi connectivity index (χ3n) is 1.99. The van der Waals surface area contributed by atoms with Crippen molar-refractivity contribution in [1.82, 2.24) is 0 Å². The Morgan fingerprint density at radius 2 is 1.60 bits per heavy atom. The van der Waals surface area contributed by atoms with Crippen molar-refractivity contribution >= 4 is 24.0 Å². The van der Waals surface area contributed by atoms with Gasteiger partial charge in [-0.05, 0) is 5.56 Å². The number of aliphatic carboxylic acids is 1. The molecule has 0 aliphatic carbocycles. The minimum atomic E-state index is -0.933. The van der Waals surface area contributed by atoms with Crippen molar-refractivity contribution in [3.8, 4) is 0 Å². The summed E-state index contributed by atoms with van der Waals surface area (Å²) in [4.78, 5) is 29.9. The van der Waals surface area contributed by atoms with E-state index in [2.05, 4.69) is 4.74 Å². The number of esters is 2. The van der Waals surface area contributed by atoms with Gasteiger partial charge in [0.15, 0.2) is 0 Å². The van der Waals surface area contributed by atoms with Gasteiger partial charge in [-0.1, -0.05) is 48.6 Å². The van der Waals surface area contributed by atoms with Gasteiger partial charge in [0.05, 0.1) is 0 Å². The molecule has 20 heavy (non-hydrogen) atoms. The standard InChI is InChI=1S/C11H10O2.C4H2O3/c12-11(13)9-5-4-8-10-6-2-1-3-7-10;5-3-1-2-4(6)7-3/h1-9H,(H,12,13);1-2H. The van der Waals surface area contributed by atoms with Crippen LogP contribution in [-0.4, -0.2) is 23.0 Å². The van der Waals surface area contributed by atoms with E-state index in [0.29, 0.717) is 0 Å². The molecular weight excluding hydrogens is 260 g/mol. The van der Waals surface area contributed by atoms with Gasteiger partial charge in [-0.25, -0.2) is 14.4 Å². The fourth-order valence-electron chi connectivity index (χ4n) is 1.17. The van der Waals surface area contributed by atoms with E-state index in [1.807, 2.05) is 36.4 Å². The maximum absolute atomic E-state index is 10.1. The Bertz CT molecular complexity index is 551. The largest absolute Gasteiger partial charge is 0.478 e. The van der Waals surface area contributed by atoms with Crippen molar-refractivity contribution in [2.45, 2.75) is 0 Å². The van der Waals surface area contributed by atoms with Crippen molar-refractivity contribution < 1.29 is 24.2 Å². The first kappa shape index (κ1) is 15.1. The molecule has 102 valence electrons. The van der Waals surface area contributed by atoms with Gasteiger partial charge in [0, 0.05) is 18.2 Å². The van der Waals surface area contributed by atoms with Crippen LogP contribution < -0.4 is 0 Å². The normalized spacial score (nSPS) is 13.4. The van der Waals surface area contributed by atoms with Gasteiger partial charge in [0.25, 0.3) is 0 Å². The van der Waals surface area contributed by atoms with Crippen LogP contribution in [0, 0.1) is 0 Å². The highest BCUT2D eigenvalue weighted by Crippen LogP contribution is 2.00. The van der Waals surface area contributed by atoms with Crippen LogP contribution >= 0.6 is 0 Å². The molecule has 0 bridgehead atoms. The molecule has 0 radical (unpaired) electrons. The lowest BCUT2D eigenvalue weighted by atomic mass is 10.2. The number of carbonyl (C=O) groups is 3. The summed E-state index contributed by atoms with van der Waals surface area (Å²) in [6, 6.07) is 9.70. The van der Waals surface area contributed by atoms with E-state index in [4.69, 9.17) is 5.11 Å². The molecule has 5 heteroatoms. The minimum absolute atomic E-state index is 0.579. The number of rotatable bonds is 3. The highest BCUT2D eigenvalue weighted by molar-refractivity contribution is 6.04. The molecule has 0 fully saturated rings. The fraction of sp³-hybridized carbons (Fsp3) is 0. The molecule has 0 saturated heterocycles. The average Bonchev–Trinajstić information content (AvgIpc) is 2.80. The van der Waals surface area contributed by atoms with Gasteiger partial charge in [-0.2, -0.15) is 0 Å². The number of ether oxygens (including phenoxy) is 1. The van der Waals surface area contributed by atoms with Crippen LogP contribution in [0.3, 0.4) is 0 Å². The third-order valence-corrected chi connectivity index (χ3v) is 1.99. The number of carboxylic acids is 1. The van der Waals surface area contributed by atoms with Crippen molar-refractivity contribution in [3.05, 3.63) is 66.3 Å². The smallest absolute Gasteiger partial charge is 0.338 e. The summed E-state index contributed by atoms with van der Waals surface area (Å²) in [5.41, 5.74) is 1.05. The lowest BCUT2D eigenvalue weighted by Crippen LogP contribution is -1.96. The molecule has 0 spiro atoms. The van der Waals surface area contributed by atoms with Crippen molar-refractivity contribution in [2.24, 2.45) is 0 Å². The summed E-state index contributed by atoms with van der Waals surface area (Å²) in [5.74, 6) is -2.09. The number of allylic oxidation sites excluding steroid dienone is 2. The molecule has 0 saturated carbocycles. The number of hydrogen-bond acceptors (Lipinski definition) is 4. The molecule has 1 aromatic rings. The maximum Gasteiger partial charge on any atom is 0.338 e. The van der Waals surface area contributed by atoms with Crippen LogP contribution in [0.25, 0.3) is 6.08 Å². The van der Waals surface area contributed by atoms with Crippen LogP contribution in [0.2, 0.25) is 0 Å². The summed E-state index contributed by atoms with van der Waals surface area (Å²) >= 11 is 0. The molecule has 2 rings (SSSR count). The Kier molecular flexibility index (Phi) is 6.20. The van der Waals surface area contributed by atoms with Crippen LogP contribution in [0.15, 0.2) is 60.7 Å². The van der Waals surface area contributed by atoms with Crippen molar-refractivity contribution in [1.29, 1.82) is 0 Å². The second kappa shape index (κ2) is 8.20. The second-order valence-corrected chi connectivity index (χ2v) is 3.54. The molecular formula is C15H12O5. The predicted octanol–water partition coefficient (Wildman–Crippen LogP) is 1.97. The monoisotopic (exact) mass is 272 g/mol. The van der Waals surface area contributed by atoms with Crippen LogP contribution in [0.5, 0.6) is 0 Å². The van der Waals surface area contributed by atoms with Crippen molar-refractivity contribution in [2.75, 3.05) is 0 Å². The quantitative estimate of drug-likeness (QED) is 0.394. The van der Waals surface area contributed by atoms with E-state index in [1.54, 1.807) is 6.08 Å². The fourth-order valence-corrected chi connectivity index (χ4v) is 1.17. The number of carboxylic acid groups (broad SMARTS) is 1. The summed E-state index contributed by atoms with van der Waals surface area (Å²) in [6.45, 7) is 0. The third kappa shape index (κ3) is 6.70. The Labute approximate surface area is 115 Å². The summed E-state index contributed by atoms with van der Waals surface area (Å²) in [5, 5.41) is 8.29. The molecule has 1 aliphatic rings. The van der Waals surface area contributed by atoms with E-state index < -0.39 is 17.9 Å². The van der Waals surface area contributed by atoms with E-state index in [1.165, 1.54) is 6.08 Å². The van der Waals surface area contributed by atoms with E-state index >= 15 is 0 Å². The summed E-state index contributed by atoms with van der Waals surface area (Å²) < 4.78 is 3.97. The molecule has 1 aliphatic heterocycles. The minimum Gasteiger partial charge on any atom is -0.478 e. The van der Waals surface area contributed by atoms with Crippen LogP contribution in [0.1, 0.15) is 5.56 Å². The summed E-state index contributed by atoms with van der Waals surface area (Å²) in [7, 11) is 0. The topological polar surface area (TPSA) is 80.7 Å². The number of carbonyl (C=O) groups excluding carboxylic acids is 2. The SMILES string of the molecule is O=C(O)C=CC=Cc1ccccc1.O=C1C=CC(=O)O1. The van der Waals surface area contributed by atoms with E-state index in [9.17, 15) is 14.4 Å². The van der Waals surface area contributed by atoms with E-state index in [0.717, 1.165) is 23.8 Å². The zero-order valence-electron chi connectivity index (χ0n) is 10.4. The van der Waals surface area contributed by atoms with Crippen LogP contribution in [-0.2, 0) is 19.1 Å². The second-order valence-electron chi connectivity index (χ2n) is 3.54. The number of hydrogen-bond donors (Lipinski definition) is 1. The van der Waals surface area contributed by atoms with Crippen LogP contribution in [0.4, 0.5) is 0 Å². The van der Waals surface area contributed by atoms with Gasteiger partial charge in [-0.15, -0.1) is 0 Å². The van der Waals surface area contributed by atoms with Gasteiger partial charge in [0.2, 0.25) is 0 Å². The molecule has 1 aromatic carbocycles. The lowest BCUT2D eigenvalue weighted by molar-refractivity contribution is -0.150. The van der Waals surface area contributed by atoms with Gasteiger partial charge < -0.3 is 9.84 Å². The first-order valence-electron chi connectivity index (χ1n) is 5.64. The first-order valence-corrected chi connectivity index (χ1v) is 5.64. The van der Waals surface area contributed by atoms with Gasteiger partial charge in [0.1, 0.15) is 0 Å². The molecule has 5 nitrogen and oxygen atoms in total. The average molecular weight is 272 g/mol. The molecule has 1 N–H and O–H groups in total. The zero-order chi connectivity index (χ0) is 14.8. The molecule has 0 aromatic heterocycles. The number of benzene rings is 1.